The van der Waals surface area contributed by atoms with Crippen molar-refractivity contribution < 1.29 is 26.0 Å². The Morgan fingerprint density at radius 1 is 1.11 bits per heavy atom. The molecule has 2 aromatic rings. The maximum absolute atomic E-state index is 15.5. The summed E-state index contributed by atoms with van der Waals surface area (Å²) in [6, 6.07) is 11.8. The zero-order valence-electron chi connectivity index (χ0n) is 21.5. The second kappa shape index (κ2) is 10.9. The Balaban J connectivity index is 1.84. The number of nitrogens with one attached hydrogen (secondary N) is 1. The zero-order chi connectivity index (χ0) is 27.6. The van der Waals surface area contributed by atoms with Crippen molar-refractivity contribution in [3.05, 3.63) is 71.7 Å². The van der Waals surface area contributed by atoms with Gasteiger partial charge in [0.15, 0.2) is 15.5 Å². The minimum Gasteiger partial charge on any atom is -0.347 e. The summed E-state index contributed by atoms with van der Waals surface area (Å²) in [6.07, 6.45) is 1.65. The van der Waals surface area contributed by atoms with Crippen LogP contribution in [0.5, 0.6) is 0 Å². The predicted molar refractivity (Wildman–Crippen MR) is 145 cm³/mol. The first-order valence-corrected chi connectivity index (χ1v) is 15.3. The third kappa shape index (κ3) is 6.74. The van der Waals surface area contributed by atoms with Crippen molar-refractivity contribution in [3.63, 3.8) is 0 Å². The number of allylic oxidation sites excluding steroid dienone is 1. The predicted octanol–water partition coefficient (Wildman–Crippen LogP) is 4.25. The molecule has 0 aliphatic carbocycles. The van der Waals surface area contributed by atoms with Gasteiger partial charge in [-0.25, -0.2) is 21.2 Å². The van der Waals surface area contributed by atoms with Gasteiger partial charge >= 0.3 is 0 Å². The molecular weight excluding hydrogens is 515 g/mol. The van der Waals surface area contributed by atoms with Gasteiger partial charge in [-0.3, -0.25) is 4.79 Å². The second-order valence-corrected chi connectivity index (χ2v) is 13.4. The number of rotatable bonds is 8. The van der Waals surface area contributed by atoms with Crippen molar-refractivity contribution in [3.8, 4) is 11.1 Å². The van der Waals surface area contributed by atoms with Gasteiger partial charge in [0, 0.05) is 49.2 Å². The van der Waals surface area contributed by atoms with Crippen LogP contribution in [-0.2, 0) is 24.7 Å². The highest BCUT2D eigenvalue weighted by Crippen LogP contribution is 2.36. The second-order valence-electron chi connectivity index (χ2n) is 9.60. The molecule has 37 heavy (non-hydrogen) atoms. The quantitative estimate of drug-likeness (QED) is 0.532. The van der Waals surface area contributed by atoms with Gasteiger partial charge in [-0.1, -0.05) is 48.6 Å². The lowest BCUT2D eigenvalue weighted by Crippen LogP contribution is -2.53. The average molecular weight is 549 g/mol. The van der Waals surface area contributed by atoms with E-state index in [2.05, 4.69) is 11.9 Å². The van der Waals surface area contributed by atoms with E-state index in [0.717, 1.165) is 33.9 Å². The largest absolute Gasteiger partial charge is 0.347 e. The van der Waals surface area contributed by atoms with Gasteiger partial charge < -0.3 is 5.32 Å². The Kier molecular flexibility index (Phi) is 8.46. The van der Waals surface area contributed by atoms with E-state index in [1.54, 1.807) is 18.2 Å². The molecule has 10 heteroatoms. The fourth-order valence-corrected chi connectivity index (χ4v) is 6.35. The van der Waals surface area contributed by atoms with Crippen LogP contribution in [0.1, 0.15) is 37.8 Å². The number of carbonyl (C=O) groups is 1. The molecule has 0 radical (unpaired) electrons. The van der Waals surface area contributed by atoms with Crippen LogP contribution in [0.4, 0.5) is 4.39 Å². The summed E-state index contributed by atoms with van der Waals surface area (Å²) in [5.41, 5.74) is 1.58. The van der Waals surface area contributed by atoms with E-state index in [9.17, 15) is 21.6 Å². The number of hydrogen-bond acceptors (Lipinski definition) is 5. The van der Waals surface area contributed by atoms with E-state index < -0.39 is 37.5 Å². The lowest BCUT2D eigenvalue weighted by Gasteiger charge is -2.35. The molecule has 0 bridgehead atoms. The lowest BCUT2D eigenvalue weighted by molar-refractivity contribution is -0.135. The summed E-state index contributed by atoms with van der Waals surface area (Å²) >= 11 is 0. The molecule has 2 aromatic carbocycles. The number of halogens is 1. The monoisotopic (exact) mass is 548 g/mol. The molecular formula is C27H33FN2O5S2. The molecule has 1 fully saturated rings. The van der Waals surface area contributed by atoms with Gasteiger partial charge in [0.1, 0.15) is 0 Å². The van der Waals surface area contributed by atoms with E-state index in [-0.39, 0.29) is 30.8 Å². The van der Waals surface area contributed by atoms with Gasteiger partial charge in [-0.05, 0) is 49.6 Å². The highest BCUT2D eigenvalue weighted by molar-refractivity contribution is 7.93. The Morgan fingerprint density at radius 2 is 1.73 bits per heavy atom. The van der Waals surface area contributed by atoms with Crippen LogP contribution in [0.15, 0.2) is 65.4 Å². The average Bonchev–Trinajstić information content (AvgIpc) is 2.82. The van der Waals surface area contributed by atoms with Crippen LogP contribution >= 0.6 is 0 Å². The molecule has 0 saturated carbocycles. The van der Waals surface area contributed by atoms with Crippen LogP contribution in [0, 0.1) is 6.92 Å². The molecule has 1 aliphatic heterocycles. The topological polar surface area (TPSA) is 101 Å². The van der Waals surface area contributed by atoms with E-state index in [1.807, 2.05) is 38.1 Å². The fourth-order valence-electron chi connectivity index (χ4n) is 4.20. The number of alkyl halides is 1. The van der Waals surface area contributed by atoms with Crippen LogP contribution in [0.25, 0.3) is 16.7 Å². The summed E-state index contributed by atoms with van der Waals surface area (Å²) < 4.78 is 66.7. The van der Waals surface area contributed by atoms with E-state index in [0.29, 0.717) is 5.56 Å². The number of amides is 1. The van der Waals surface area contributed by atoms with Gasteiger partial charge in [-0.2, -0.15) is 4.31 Å². The van der Waals surface area contributed by atoms with Gasteiger partial charge in [0.25, 0.3) is 5.91 Å². The lowest BCUT2D eigenvalue weighted by atomic mass is 9.93. The number of carbonyl (C=O) groups excluding carboxylic acids is 1. The van der Waals surface area contributed by atoms with Crippen LogP contribution in [0.2, 0.25) is 0 Å². The van der Waals surface area contributed by atoms with Crippen LogP contribution in [0.3, 0.4) is 0 Å². The molecule has 0 spiro atoms. The summed E-state index contributed by atoms with van der Waals surface area (Å²) in [5.74, 6) is -0.887. The number of sulfone groups is 1. The number of sulfonamides is 1. The van der Waals surface area contributed by atoms with Gasteiger partial charge in [-0.15, -0.1) is 0 Å². The Labute approximate surface area is 219 Å². The van der Waals surface area contributed by atoms with Crippen molar-refractivity contribution in [2.45, 2.75) is 50.2 Å². The Morgan fingerprint density at radius 3 is 2.30 bits per heavy atom. The molecule has 1 heterocycles. The standard InChI is InChI=1S/C27H33FN2O5S2/c1-19(2)22-10-11-25(24(18-22)23-9-7-6-8-20(23)3)37(34,35)30-15-13-27(28,14-16-30)26(31)29-21(4)12-17-36(5,32)33/h6-12,17-18,21H,1,13-16H2,2-5H3,(H,29,31)/b17-12-/t21-/m1/s1. The van der Waals surface area contributed by atoms with Crippen LogP contribution < -0.4 is 5.32 Å². The first-order valence-electron chi connectivity index (χ1n) is 11.9. The zero-order valence-corrected chi connectivity index (χ0v) is 23.1. The minimum atomic E-state index is -4.00. The van der Waals surface area contributed by atoms with E-state index >= 15 is 4.39 Å². The van der Waals surface area contributed by atoms with Gasteiger partial charge in [0.05, 0.1) is 4.90 Å². The number of piperidine rings is 1. The molecule has 200 valence electrons. The number of hydrogen-bond donors (Lipinski definition) is 1. The number of aryl methyl sites for hydroxylation is 1. The number of benzene rings is 2. The van der Waals surface area contributed by atoms with Crippen molar-refractivity contribution in [1.82, 2.24) is 9.62 Å². The number of nitrogens with zero attached hydrogens (tertiary/aromatic N) is 1. The summed E-state index contributed by atoms with van der Waals surface area (Å²) in [7, 11) is -7.38. The molecule has 0 unspecified atom stereocenters. The Bertz CT molecular complexity index is 1440. The molecule has 1 aliphatic rings. The van der Waals surface area contributed by atoms with Gasteiger partial charge in [0.2, 0.25) is 10.0 Å². The molecule has 1 amide bonds. The molecule has 1 saturated heterocycles. The first-order chi connectivity index (χ1) is 17.1. The SMILES string of the molecule is C=C(C)c1ccc(S(=O)(=O)N2CCC(F)(C(=O)N[C@H](C)/C=C\S(C)(=O)=O)CC2)c(-c2ccccc2C)c1. The summed E-state index contributed by atoms with van der Waals surface area (Å²) in [6.45, 7) is 8.91. The maximum atomic E-state index is 15.5. The molecule has 1 atom stereocenters. The normalized spacial score (nSPS) is 17.4. The highest BCUT2D eigenvalue weighted by atomic mass is 32.2. The first kappa shape index (κ1) is 28.7. The van der Waals surface area contributed by atoms with Crippen molar-refractivity contribution in [2.24, 2.45) is 0 Å². The van der Waals surface area contributed by atoms with Crippen molar-refractivity contribution in [1.29, 1.82) is 0 Å². The minimum absolute atomic E-state index is 0.113. The summed E-state index contributed by atoms with van der Waals surface area (Å²) in [5, 5.41) is 3.41. The Hall–Kier alpha value is -2.82. The third-order valence-corrected chi connectivity index (χ3v) is 9.03. The third-order valence-electron chi connectivity index (χ3n) is 6.42. The highest BCUT2D eigenvalue weighted by Gasteiger charge is 2.45. The van der Waals surface area contributed by atoms with Crippen LogP contribution in [-0.4, -0.2) is 58.1 Å². The molecule has 3 rings (SSSR count). The summed E-state index contributed by atoms with van der Waals surface area (Å²) in [4.78, 5) is 12.7. The fraction of sp³-hybridized carbons (Fsp3) is 0.370. The van der Waals surface area contributed by atoms with E-state index in [4.69, 9.17) is 0 Å². The molecule has 7 nitrogen and oxygen atoms in total. The molecule has 1 N–H and O–H groups in total. The van der Waals surface area contributed by atoms with Crippen molar-refractivity contribution >= 4 is 31.3 Å². The van der Waals surface area contributed by atoms with Crippen molar-refractivity contribution in [2.75, 3.05) is 19.3 Å². The smallest absolute Gasteiger partial charge is 0.258 e. The van der Waals surface area contributed by atoms with E-state index in [1.165, 1.54) is 17.3 Å². The maximum Gasteiger partial charge on any atom is 0.258 e. The molecule has 0 aromatic heterocycles.